The standard InChI is InChI=1S/C14H22ClNO/c1-10(2)16(4)7-6-12-9-13(15)8-11(3)14(12)17-5/h8-10H,6-7H2,1-5H3. The molecule has 2 nitrogen and oxygen atoms in total. The minimum atomic E-state index is 0.557. The van der Waals surface area contributed by atoms with E-state index in [2.05, 4.69) is 25.8 Å². The Morgan fingerprint density at radius 1 is 1.35 bits per heavy atom. The van der Waals surface area contributed by atoms with Crippen LogP contribution in [-0.2, 0) is 6.42 Å². The van der Waals surface area contributed by atoms with E-state index in [1.165, 1.54) is 5.56 Å². The fraction of sp³-hybridized carbons (Fsp3) is 0.571. The van der Waals surface area contributed by atoms with Crippen molar-refractivity contribution in [3.8, 4) is 5.75 Å². The van der Waals surface area contributed by atoms with Crippen molar-refractivity contribution in [1.82, 2.24) is 4.90 Å². The first kappa shape index (κ1) is 14.3. The van der Waals surface area contributed by atoms with Crippen LogP contribution >= 0.6 is 11.6 Å². The fourth-order valence-electron chi connectivity index (χ4n) is 1.83. The molecule has 0 aliphatic rings. The number of ether oxygens (including phenoxy) is 1. The van der Waals surface area contributed by atoms with E-state index in [0.717, 1.165) is 29.3 Å². The molecule has 0 heterocycles. The van der Waals surface area contributed by atoms with Crippen molar-refractivity contribution in [2.75, 3.05) is 20.7 Å². The van der Waals surface area contributed by atoms with Gasteiger partial charge in [0.05, 0.1) is 7.11 Å². The second-order valence-corrected chi connectivity index (χ2v) is 5.18. The van der Waals surface area contributed by atoms with Gasteiger partial charge in [0.15, 0.2) is 0 Å². The van der Waals surface area contributed by atoms with Crippen LogP contribution in [0.15, 0.2) is 12.1 Å². The topological polar surface area (TPSA) is 12.5 Å². The van der Waals surface area contributed by atoms with E-state index in [1.54, 1.807) is 7.11 Å². The van der Waals surface area contributed by atoms with Gasteiger partial charge in [-0.15, -0.1) is 0 Å². The molecular formula is C14H22ClNO. The number of aryl methyl sites for hydroxylation is 1. The Morgan fingerprint density at radius 2 is 2.00 bits per heavy atom. The molecule has 1 aromatic carbocycles. The lowest BCUT2D eigenvalue weighted by molar-refractivity contribution is 0.276. The van der Waals surface area contributed by atoms with Gasteiger partial charge in [0.25, 0.3) is 0 Å². The van der Waals surface area contributed by atoms with Gasteiger partial charge in [0.1, 0.15) is 5.75 Å². The lowest BCUT2D eigenvalue weighted by atomic mass is 10.1. The smallest absolute Gasteiger partial charge is 0.125 e. The maximum Gasteiger partial charge on any atom is 0.125 e. The third-order valence-corrected chi connectivity index (χ3v) is 3.35. The van der Waals surface area contributed by atoms with Gasteiger partial charge in [-0.2, -0.15) is 0 Å². The Bertz CT molecular complexity index is 377. The summed E-state index contributed by atoms with van der Waals surface area (Å²) in [6.07, 6.45) is 0.958. The van der Waals surface area contributed by atoms with Gasteiger partial charge < -0.3 is 9.64 Å². The molecule has 0 fully saturated rings. The zero-order chi connectivity index (χ0) is 13.0. The molecule has 0 saturated carbocycles. The molecule has 0 aliphatic heterocycles. The van der Waals surface area contributed by atoms with Gasteiger partial charge >= 0.3 is 0 Å². The number of halogens is 1. The normalized spacial score (nSPS) is 11.3. The van der Waals surface area contributed by atoms with Crippen LogP contribution in [0, 0.1) is 6.92 Å². The third-order valence-electron chi connectivity index (χ3n) is 3.14. The Morgan fingerprint density at radius 3 is 2.53 bits per heavy atom. The summed E-state index contributed by atoms with van der Waals surface area (Å²) in [5.41, 5.74) is 2.28. The average molecular weight is 256 g/mol. The van der Waals surface area contributed by atoms with E-state index >= 15 is 0 Å². The minimum Gasteiger partial charge on any atom is -0.496 e. The quantitative estimate of drug-likeness (QED) is 0.798. The number of hydrogen-bond donors (Lipinski definition) is 0. The van der Waals surface area contributed by atoms with Crippen molar-refractivity contribution < 1.29 is 4.74 Å². The molecule has 17 heavy (non-hydrogen) atoms. The van der Waals surface area contributed by atoms with Gasteiger partial charge in [0.2, 0.25) is 0 Å². The second-order valence-electron chi connectivity index (χ2n) is 4.74. The molecule has 0 amide bonds. The van der Waals surface area contributed by atoms with Crippen molar-refractivity contribution in [2.24, 2.45) is 0 Å². The molecule has 0 N–H and O–H groups in total. The summed E-state index contributed by atoms with van der Waals surface area (Å²) in [5, 5.41) is 0.783. The zero-order valence-corrected chi connectivity index (χ0v) is 12.1. The highest BCUT2D eigenvalue weighted by Crippen LogP contribution is 2.28. The number of methoxy groups -OCH3 is 1. The summed E-state index contributed by atoms with van der Waals surface area (Å²) in [5.74, 6) is 0.964. The van der Waals surface area contributed by atoms with E-state index in [1.807, 2.05) is 19.1 Å². The van der Waals surface area contributed by atoms with Crippen molar-refractivity contribution in [3.05, 3.63) is 28.3 Å². The molecule has 1 aromatic rings. The molecule has 1 rings (SSSR count). The molecule has 0 aliphatic carbocycles. The van der Waals surface area contributed by atoms with E-state index in [-0.39, 0.29) is 0 Å². The number of likely N-dealkylation sites (N-methyl/N-ethyl adjacent to an activating group) is 1. The number of hydrogen-bond acceptors (Lipinski definition) is 2. The fourth-order valence-corrected chi connectivity index (χ4v) is 2.13. The van der Waals surface area contributed by atoms with Crippen molar-refractivity contribution >= 4 is 11.6 Å². The molecule has 0 bridgehead atoms. The molecule has 3 heteroatoms. The van der Waals surface area contributed by atoms with E-state index in [0.29, 0.717) is 6.04 Å². The van der Waals surface area contributed by atoms with E-state index in [9.17, 15) is 0 Å². The highest BCUT2D eigenvalue weighted by atomic mass is 35.5. The predicted octanol–water partition coefficient (Wildman–Crippen LogP) is 3.54. The highest BCUT2D eigenvalue weighted by molar-refractivity contribution is 6.30. The van der Waals surface area contributed by atoms with Crippen LogP contribution in [0.3, 0.4) is 0 Å². The lowest BCUT2D eigenvalue weighted by Gasteiger charge is -2.21. The lowest BCUT2D eigenvalue weighted by Crippen LogP contribution is -2.28. The Labute approximate surface area is 110 Å². The summed E-state index contributed by atoms with van der Waals surface area (Å²) in [4.78, 5) is 2.32. The molecular weight excluding hydrogens is 234 g/mol. The first-order chi connectivity index (χ1) is 7.95. The highest BCUT2D eigenvalue weighted by Gasteiger charge is 2.10. The van der Waals surface area contributed by atoms with Crippen LogP contribution in [0.1, 0.15) is 25.0 Å². The number of benzene rings is 1. The van der Waals surface area contributed by atoms with Gasteiger partial charge in [-0.3, -0.25) is 0 Å². The number of nitrogens with zero attached hydrogens (tertiary/aromatic N) is 1. The zero-order valence-electron chi connectivity index (χ0n) is 11.4. The third kappa shape index (κ3) is 3.90. The largest absolute Gasteiger partial charge is 0.496 e. The second kappa shape index (κ2) is 6.27. The van der Waals surface area contributed by atoms with Crippen LogP contribution in [0.25, 0.3) is 0 Å². The summed E-state index contributed by atoms with van der Waals surface area (Å²) in [6.45, 7) is 7.43. The molecule has 0 atom stereocenters. The van der Waals surface area contributed by atoms with Gasteiger partial charge in [-0.05, 0) is 57.5 Å². The van der Waals surface area contributed by atoms with Crippen molar-refractivity contribution in [2.45, 2.75) is 33.2 Å². The van der Waals surface area contributed by atoms with Crippen LogP contribution in [-0.4, -0.2) is 31.6 Å². The SMILES string of the molecule is COc1c(C)cc(Cl)cc1CCN(C)C(C)C. The molecule has 0 saturated heterocycles. The van der Waals surface area contributed by atoms with Crippen LogP contribution in [0.4, 0.5) is 0 Å². The number of rotatable bonds is 5. The molecule has 96 valence electrons. The van der Waals surface area contributed by atoms with Crippen molar-refractivity contribution in [1.29, 1.82) is 0 Å². The maximum atomic E-state index is 6.09. The first-order valence-corrected chi connectivity index (χ1v) is 6.36. The van der Waals surface area contributed by atoms with E-state index < -0.39 is 0 Å². The van der Waals surface area contributed by atoms with Crippen LogP contribution in [0.5, 0.6) is 5.75 Å². The predicted molar refractivity (Wildman–Crippen MR) is 74.2 cm³/mol. The van der Waals surface area contributed by atoms with Gasteiger partial charge in [-0.25, -0.2) is 0 Å². The van der Waals surface area contributed by atoms with Gasteiger partial charge in [0, 0.05) is 17.6 Å². The van der Waals surface area contributed by atoms with Gasteiger partial charge in [-0.1, -0.05) is 11.6 Å². The Hall–Kier alpha value is -0.730. The molecule has 0 unspecified atom stereocenters. The monoisotopic (exact) mass is 255 g/mol. The molecule has 0 aromatic heterocycles. The Balaban J connectivity index is 2.83. The first-order valence-electron chi connectivity index (χ1n) is 5.99. The average Bonchev–Trinajstić information content (AvgIpc) is 2.24. The van der Waals surface area contributed by atoms with E-state index in [4.69, 9.17) is 16.3 Å². The summed E-state index contributed by atoms with van der Waals surface area (Å²) in [7, 11) is 3.85. The summed E-state index contributed by atoms with van der Waals surface area (Å²) in [6, 6.07) is 4.50. The van der Waals surface area contributed by atoms with Crippen LogP contribution < -0.4 is 4.74 Å². The molecule has 0 radical (unpaired) electrons. The van der Waals surface area contributed by atoms with Crippen molar-refractivity contribution in [3.63, 3.8) is 0 Å². The molecule has 0 spiro atoms. The summed E-state index contributed by atoms with van der Waals surface area (Å²) >= 11 is 6.09. The summed E-state index contributed by atoms with van der Waals surface area (Å²) < 4.78 is 5.45. The van der Waals surface area contributed by atoms with Crippen LogP contribution in [0.2, 0.25) is 5.02 Å². The minimum absolute atomic E-state index is 0.557. The maximum absolute atomic E-state index is 6.09. The Kier molecular flexibility index (Phi) is 5.29.